The van der Waals surface area contributed by atoms with E-state index in [2.05, 4.69) is 15.9 Å². The maximum Gasteiger partial charge on any atom is 0.147 e. The minimum absolute atomic E-state index is 0.0171. The first kappa shape index (κ1) is 16.1. The fourth-order valence-corrected chi connectivity index (χ4v) is 3.73. The molecule has 0 atom stereocenters. The molecule has 118 valence electrons. The van der Waals surface area contributed by atoms with Gasteiger partial charge in [-0.2, -0.15) is 0 Å². The van der Waals surface area contributed by atoms with Gasteiger partial charge in [-0.15, -0.1) is 0 Å². The van der Waals surface area contributed by atoms with Gasteiger partial charge in [0, 0.05) is 17.3 Å². The lowest BCUT2D eigenvalue weighted by Gasteiger charge is -2.35. The Hall–Kier alpha value is -1.74. The molecule has 0 aromatic heterocycles. The Morgan fingerprint density at radius 1 is 0.957 bits per heavy atom. The van der Waals surface area contributed by atoms with E-state index in [4.69, 9.17) is 0 Å². The highest BCUT2D eigenvalue weighted by molar-refractivity contribution is 9.10. The Bertz CT molecular complexity index is 718. The molecule has 0 N–H and O–H groups in total. The number of carbonyl (C=O) groups is 2. The molecule has 3 heteroatoms. The van der Waals surface area contributed by atoms with Gasteiger partial charge in [0.25, 0.3) is 0 Å². The fourth-order valence-electron chi connectivity index (χ4n) is 3.31. The van der Waals surface area contributed by atoms with Crippen molar-refractivity contribution in [1.82, 2.24) is 0 Å². The summed E-state index contributed by atoms with van der Waals surface area (Å²) in [6.45, 7) is 1.80. The second-order valence-electron chi connectivity index (χ2n) is 6.46. The van der Waals surface area contributed by atoms with E-state index in [1.165, 1.54) is 0 Å². The lowest BCUT2D eigenvalue weighted by molar-refractivity contribution is -0.143. The van der Waals surface area contributed by atoms with Crippen LogP contribution in [-0.4, -0.2) is 11.6 Å². The molecule has 0 radical (unpaired) electrons. The van der Waals surface area contributed by atoms with Crippen LogP contribution in [0, 0.1) is 5.41 Å². The van der Waals surface area contributed by atoms with Crippen molar-refractivity contribution in [3.8, 4) is 0 Å². The van der Waals surface area contributed by atoms with Crippen molar-refractivity contribution in [1.29, 1.82) is 0 Å². The summed E-state index contributed by atoms with van der Waals surface area (Å²) >= 11 is 3.51. The van der Waals surface area contributed by atoms with E-state index in [1.54, 1.807) is 6.92 Å². The Kier molecular flexibility index (Phi) is 4.49. The van der Waals surface area contributed by atoms with Gasteiger partial charge in [-0.25, -0.2) is 0 Å². The van der Waals surface area contributed by atoms with E-state index in [0.29, 0.717) is 19.3 Å². The summed E-state index contributed by atoms with van der Waals surface area (Å²) in [6, 6.07) is 17.7. The Morgan fingerprint density at radius 3 is 2.13 bits per heavy atom. The average Bonchev–Trinajstić information content (AvgIpc) is 2.55. The molecular formula is C20H19BrO2. The molecule has 0 heterocycles. The third kappa shape index (κ3) is 3.16. The predicted molar refractivity (Wildman–Crippen MR) is 94.4 cm³/mol. The van der Waals surface area contributed by atoms with E-state index >= 15 is 0 Å². The van der Waals surface area contributed by atoms with Crippen LogP contribution in [0.4, 0.5) is 0 Å². The molecule has 1 fully saturated rings. The minimum atomic E-state index is -0.908. The van der Waals surface area contributed by atoms with Crippen molar-refractivity contribution in [2.24, 2.45) is 5.41 Å². The Morgan fingerprint density at radius 2 is 1.52 bits per heavy atom. The first-order chi connectivity index (χ1) is 11.0. The number of halogens is 1. The van der Waals surface area contributed by atoms with Crippen LogP contribution in [0.15, 0.2) is 59.1 Å². The van der Waals surface area contributed by atoms with Crippen LogP contribution in [0.2, 0.25) is 0 Å². The van der Waals surface area contributed by atoms with Gasteiger partial charge < -0.3 is 0 Å². The van der Waals surface area contributed by atoms with E-state index in [-0.39, 0.29) is 17.5 Å². The Labute approximate surface area is 145 Å². The third-order valence-electron chi connectivity index (χ3n) is 4.87. The van der Waals surface area contributed by atoms with Crippen molar-refractivity contribution in [3.63, 3.8) is 0 Å². The van der Waals surface area contributed by atoms with Gasteiger partial charge >= 0.3 is 0 Å². The van der Waals surface area contributed by atoms with Crippen LogP contribution in [0.1, 0.15) is 36.8 Å². The quantitative estimate of drug-likeness (QED) is 0.732. The highest BCUT2D eigenvalue weighted by Crippen LogP contribution is 2.40. The van der Waals surface area contributed by atoms with E-state index < -0.39 is 5.41 Å². The second kappa shape index (κ2) is 6.40. The number of hydrogen-bond acceptors (Lipinski definition) is 2. The molecule has 0 amide bonds. The number of ketones is 2. The summed E-state index contributed by atoms with van der Waals surface area (Å²) < 4.78 is 0.951. The van der Waals surface area contributed by atoms with E-state index in [0.717, 1.165) is 15.6 Å². The van der Waals surface area contributed by atoms with Gasteiger partial charge in [0.1, 0.15) is 11.6 Å². The van der Waals surface area contributed by atoms with Crippen molar-refractivity contribution in [2.75, 3.05) is 0 Å². The number of carbonyl (C=O) groups excluding carboxylic acids is 2. The molecule has 3 rings (SSSR count). The Balaban J connectivity index is 1.84. The summed E-state index contributed by atoms with van der Waals surface area (Å²) in [4.78, 5) is 25.6. The summed E-state index contributed by atoms with van der Waals surface area (Å²) in [5.41, 5.74) is 1.18. The average molecular weight is 371 g/mol. The number of Topliss-reactive ketones (excluding diaryl/α,β-unsaturated/α-hetero) is 2. The van der Waals surface area contributed by atoms with Crippen molar-refractivity contribution >= 4 is 27.5 Å². The zero-order valence-electron chi connectivity index (χ0n) is 13.1. The van der Waals surface area contributed by atoms with E-state index in [9.17, 15) is 9.59 Å². The van der Waals surface area contributed by atoms with Gasteiger partial charge in [-0.1, -0.05) is 64.5 Å². The molecule has 2 aromatic carbocycles. The topological polar surface area (TPSA) is 34.1 Å². The molecule has 0 unspecified atom stereocenters. The maximum atomic E-state index is 12.8. The zero-order valence-corrected chi connectivity index (χ0v) is 14.7. The smallest absolute Gasteiger partial charge is 0.147 e. The molecule has 0 saturated heterocycles. The summed E-state index contributed by atoms with van der Waals surface area (Å²) in [6.07, 6.45) is 1.35. The van der Waals surface area contributed by atoms with Crippen molar-refractivity contribution < 1.29 is 9.59 Å². The maximum absolute atomic E-state index is 12.8. The van der Waals surface area contributed by atoms with Crippen LogP contribution in [-0.2, 0) is 16.0 Å². The second-order valence-corrected chi connectivity index (χ2v) is 7.32. The molecule has 2 nitrogen and oxygen atoms in total. The summed E-state index contributed by atoms with van der Waals surface area (Å²) in [5.74, 6) is 0.125. The molecule has 0 spiro atoms. The minimum Gasteiger partial charge on any atom is -0.299 e. The highest BCUT2D eigenvalue weighted by Gasteiger charge is 2.46. The largest absolute Gasteiger partial charge is 0.299 e. The number of rotatable bonds is 3. The zero-order chi connectivity index (χ0) is 16.4. The van der Waals surface area contributed by atoms with Crippen LogP contribution >= 0.6 is 15.9 Å². The molecule has 0 aliphatic heterocycles. The lowest BCUT2D eigenvalue weighted by Crippen LogP contribution is -2.44. The normalized spacial score (nSPS) is 24.7. The van der Waals surface area contributed by atoms with Crippen molar-refractivity contribution in [3.05, 3.63) is 70.2 Å². The first-order valence-electron chi connectivity index (χ1n) is 7.85. The van der Waals surface area contributed by atoms with E-state index in [1.807, 2.05) is 54.6 Å². The molecule has 0 bridgehead atoms. The fraction of sp³-hybridized carbons (Fsp3) is 0.300. The molecule has 23 heavy (non-hydrogen) atoms. The number of hydrogen-bond donors (Lipinski definition) is 0. The first-order valence-corrected chi connectivity index (χ1v) is 8.65. The molecule has 2 aromatic rings. The van der Waals surface area contributed by atoms with Gasteiger partial charge in [-0.05, 0) is 36.5 Å². The standard InChI is InChI=1S/C20H19BrO2/c1-20(13-15-9-5-6-10-17(15)21)18(22)11-16(12-19(20)23)14-7-3-2-4-8-14/h2-10,16H,11-13H2,1H3. The molecule has 1 saturated carbocycles. The van der Waals surface area contributed by atoms with Crippen LogP contribution in [0.3, 0.4) is 0 Å². The summed E-state index contributed by atoms with van der Waals surface area (Å²) in [7, 11) is 0. The monoisotopic (exact) mass is 370 g/mol. The van der Waals surface area contributed by atoms with Crippen LogP contribution in [0.25, 0.3) is 0 Å². The molecule has 1 aliphatic carbocycles. The van der Waals surface area contributed by atoms with Crippen LogP contribution in [0.5, 0.6) is 0 Å². The van der Waals surface area contributed by atoms with Crippen LogP contribution < -0.4 is 0 Å². The third-order valence-corrected chi connectivity index (χ3v) is 5.64. The van der Waals surface area contributed by atoms with Crippen molar-refractivity contribution in [2.45, 2.75) is 32.1 Å². The number of benzene rings is 2. The molecular weight excluding hydrogens is 352 g/mol. The van der Waals surface area contributed by atoms with Gasteiger partial charge in [0.05, 0.1) is 5.41 Å². The highest BCUT2D eigenvalue weighted by atomic mass is 79.9. The lowest BCUT2D eigenvalue weighted by atomic mass is 9.65. The van der Waals surface area contributed by atoms with Gasteiger partial charge in [0.2, 0.25) is 0 Å². The SMILES string of the molecule is CC1(Cc2ccccc2Br)C(=O)CC(c2ccccc2)CC1=O. The van der Waals surface area contributed by atoms with Gasteiger partial charge in [0.15, 0.2) is 0 Å². The summed E-state index contributed by atoms with van der Waals surface area (Å²) in [5, 5.41) is 0. The molecule has 1 aliphatic rings. The predicted octanol–water partition coefficient (Wildman–Crippen LogP) is 4.71. The van der Waals surface area contributed by atoms with Gasteiger partial charge in [-0.3, -0.25) is 9.59 Å².